The lowest BCUT2D eigenvalue weighted by Crippen LogP contribution is -2.64. The van der Waals surface area contributed by atoms with Crippen molar-refractivity contribution in [1.82, 2.24) is 5.32 Å². The van der Waals surface area contributed by atoms with E-state index in [9.17, 15) is 0 Å². The van der Waals surface area contributed by atoms with Crippen molar-refractivity contribution in [1.29, 1.82) is 0 Å². The van der Waals surface area contributed by atoms with E-state index in [-0.39, 0.29) is 6.04 Å². The molecule has 0 heterocycles. The second kappa shape index (κ2) is 11.4. The summed E-state index contributed by atoms with van der Waals surface area (Å²) >= 11 is 0. The topological polar surface area (TPSA) is 30.5 Å². The standard InChI is InChI=1S/C18H39NO2Si2/c1-9-10-11-12-13-14-17(15-21-16-20-2)19-18(22(3,4)5)23(6,7)8/h17-19H,9-12,15-16H2,1-8H3. The van der Waals surface area contributed by atoms with E-state index in [1.165, 1.54) is 19.3 Å². The lowest BCUT2D eigenvalue weighted by atomic mass is 10.2. The van der Waals surface area contributed by atoms with Crippen molar-refractivity contribution in [3.63, 3.8) is 0 Å². The minimum atomic E-state index is -1.30. The first-order valence-electron chi connectivity index (χ1n) is 8.94. The van der Waals surface area contributed by atoms with Crippen molar-refractivity contribution < 1.29 is 9.47 Å². The Kier molecular flexibility index (Phi) is 11.4. The van der Waals surface area contributed by atoms with E-state index in [0.717, 1.165) is 6.42 Å². The summed E-state index contributed by atoms with van der Waals surface area (Å²) in [7, 11) is -0.935. The van der Waals surface area contributed by atoms with Crippen molar-refractivity contribution in [2.24, 2.45) is 0 Å². The van der Waals surface area contributed by atoms with Crippen LogP contribution in [0.4, 0.5) is 0 Å². The molecule has 0 aliphatic rings. The zero-order valence-corrected chi connectivity index (χ0v) is 18.7. The van der Waals surface area contributed by atoms with Gasteiger partial charge in [0.15, 0.2) is 0 Å². The van der Waals surface area contributed by atoms with Crippen LogP contribution < -0.4 is 5.32 Å². The fraction of sp³-hybridized carbons (Fsp3) is 0.889. The van der Waals surface area contributed by atoms with Crippen molar-refractivity contribution >= 4 is 16.1 Å². The van der Waals surface area contributed by atoms with Crippen LogP contribution in [0, 0.1) is 11.8 Å². The molecule has 1 unspecified atom stereocenters. The Bertz CT molecular complexity index is 350. The second-order valence-electron chi connectivity index (χ2n) is 8.44. The highest BCUT2D eigenvalue weighted by Crippen LogP contribution is 2.19. The minimum absolute atomic E-state index is 0.107. The highest BCUT2D eigenvalue weighted by molar-refractivity contribution is 6.96. The maximum atomic E-state index is 5.59. The van der Waals surface area contributed by atoms with Crippen molar-refractivity contribution in [2.45, 2.75) is 83.2 Å². The zero-order valence-electron chi connectivity index (χ0n) is 16.7. The van der Waals surface area contributed by atoms with Crippen molar-refractivity contribution in [3.05, 3.63) is 0 Å². The van der Waals surface area contributed by atoms with Gasteiger partial charge in [-0.3, -0.25) is 0 Å². The summed E-state index contributed by atoms with van der Waals surface area (Å²) in [5.41, 5.74) is 0. The normalized spacial score (nSPS) is 13.8. The molecule has 5 heteroatoms. The van der Waals surface area contributed by atoms with Gasteiger partial charge in [-0.15, -0.1) is 5.92 Å². The molecule has 1 atom stereocenters. The molecule has 136 valence electrons. The number of nitrogens with one attached hydrogen (secondary N) is 1. The molecule has 0 bridgehead atoms. The quantitative estimate of drug-likeness (QED) is 0.259. The Labute approximate surface area is 146 Å². The summed E-state index contributed by atoms with van der Waals surface area (Å²) in [4.78, 5) is 0. The first-order valence-corrected chi connectivity index (χ1v) is 16.1. The molecule has 3 nitrogen and oxygen atoms in total. The molecule has 0 saturated carbocycles. The number of ether oxygens (including phenoxy) is 2. The second-order valence-corrected chi connectivity index (χ2v) is 19.6. The van der Waals surface area contributed by atoms with E-state index >= 15 is 0 Å². The van der Waals surface area contributed by atoms with Crippen molar-refractivity contribution in [3.8, 4) is 11.8 Å². The van der Waals surface area contributed by atoms with E-state index in [1.54, 1.807) is 7.11 Å². The van der Waals surface area contributed by atoms with E-state index in [0.29, 0.717) is 18.7 Å². The lowest BCUT2D eigenvalue weighted by Gasteiger charge is -2.40. The Morgan fingerprint density at radius 1 is 1.00 bits per heavy atom. The van der Waals surface area contributed by atoms with Gasteiger partial charge in [0.2, 0.25) is 0 Å². The molecule has 0 aromatic rings. The fourth-order valence-corrected chi connectivity index (χ4v) is 14.8. The molecule has 0 amide bonds. The van der Waals surface area contributed by atoms with Gasteiger partial charge in [0, 0.05) is 13.5 Å². The highest BCUT2D eigenvalue weighted by Gasteiger charge is 2.38. The molecule has 0 spiro atoms. The van der Waals surface area contributed by atoms with Gasteiger partial charge in [0.25, 0.3) is 0 Å². The van der Waals surface area contributed by atoms with E-state index in [4.69, 9.17) is 9.47 Å². The average Bonchev–Trinajstić information content (AvgIpc) is 2.41. The third-order valence-electron chi connectivity index (χ3n) is 3.77. The summed E-state index contributed by atoms with van der Waals surface area (Å²) in [6.45, 7) is 17.9. The van der Waals surface area contributed by atoms with Crippen LogP contribution in [0.2, 0.25) is 39.3 Å². The number of hydrogen-bond donors (Lipinski definition) is 1. The fourth-order valence-electron chi connectivity index (χ4n) is 3.04. The highest BCUT2D eigenvalue weighted by atomic mass is 28.4. The summed E-state index contributed by atoms with van der Waals surface area (Å²) < 4.78 is 10.6. The van der Waals surface area contributed by atoms with Crippen LogP contribution in [0.25, 0.3) is 0 Å². The monoisotopic (exact) mass is 357 g/mol. The first kappa shape index (κ1) is 22.9. The first-order chi connectivity index (χ1) is 10.6. The van der Waals surface area contributed by atoms with Gasteiger partial charge >= 0.3 is 0 Å². The molecule has 0 aliphatic heterocycles. The van der Waals surface area contributed by atoms with Crippen LogP contribution in [-0.4, -0.2) is 48.0 Å². The number of hydrogen-bond acceptors (Lipinski definition) is 3. The summed E-state index contributed by atoms with van der Waals surface area (Å²) in [5, 5.41) is 4.47. The Morgan fingerprint density at radius 3 is 2.09 bits per heavy atom. The molecule has 23 heavy (non-hydrogen) atoms. The number of unbranched alkanes of at least 4 members (excludes halogenated alkanes) is 3. The van der Waals surface area contributed by atoms with Crippen LogP contribution >= 0.6 is 0 Å². The molecule has 0 saturated heterocycles. The minimum Gasteiger partial charge on any atom is -0.359 e. The predicted octanol–water partition coefficient (Wildman–Crippen LogP) is 4.27. The number of rotatable bonds is 11. The Morgan fingerprint density at radius 2 is 1.61 bits per heavy atom. The summed E-state index contributed by atoms with van der Waals surface area (Å²) in [5.74, 6) is 6.77. The molecular formula is C18H39NO2Si2. The maximum Gasteiger partial charge on any atom is 0.146 e. The Balaban J connectivity index is 4.88. The zero-order chi connectivity index (χ0) is 17.9. The predicted molar refractivity (Wildman–Crippen MR) is 107 cm³/mol. The van der Waals surface area contributed by atoms with Gasteiger partial charge in [0.05, 0.1) is 28.8 Å². The van der Waals surface area contributed by atoms with Crippen LogP contribution in [0.15, 0.2) is 0 Å². The maximum absolute atomic E-state index is 5.59. The molecule has 0 radical (unpaired) electrons. The van der Waals surface area contributed by atoms with Gasteiger partial charge < -0.3 is 14.8 Å². The van der Waals surface area contributed by atoms with Gasteiger partial charge in [-0.05, 0) is 11.7 Å². The van der Waals surface area contributed by atoms with E-state index < -0.39 is 16.1 Å². The van der Waals surface area contributed by atoms with Crippen LogP contribution in [0.3, 0.4) is 0 Å². The van der Waals surface area contributed by atoms with Gasteiger partial charge in [-0.2, -0.15) is 0 Å². The molecule has 0 rings (SSSR count). The average molecular weight is 358 g/mol. The van der Waals surface area contributed by atoms with Crippen LogP contribution in [0.5, 0.6) is 0 Å². The lowest BCUT2D eigenvalue weighted by molar-refractivity contribution is -0.0335. The molecule has 0 aromatic heterocycles. The van der Waals surface area contributed by atoms with Gasteiger partial charge in [-0.25, -0.2) is 0 Å². The summed E-state index contributed by atoms with van der Waals surface area (Å²) in [6, 6.07) is 0.107. The Hall–Kier alpha value is -0.126. The van der Waals surface area contributed by atoms with Crippen LogP contribution in [0.1, 0.15) is 32.6 Å². The van der Waals surface area contributed by atoms with Crippen molar-refractivity contribution in [2.75, 3.05) is 20.5 Å². The van der Waals surface area contributed by atoms with E-state index in [2.05, 4.69) is 63.4 Å². The third kappa shape index (κ3) is 11.1. The van der Waals surface area contributed by atoms with Gasteiger partial charge in [0.1, 0.15) is 6.79 Å². The van der Waals surface area contributed by atoms with E-state index in [1.807, 2.05) is 0 Å². The third-order valence-corrected chi connectivity index (χ3v) is 12.8. The smallest absolute Gasteiger partial charge is 0.146 e. The number of methoxy groups -OCH3 is 1. The largest absolute Gasteiger partial charge is 0.359 e. The summed E-state index contributed by atoms with van der Waals surface area (Å²) in [6.07, 6.45) is 4.69. The van der Waals surface area contributed by atoms with Crippen LogP contribution in [-0.2, 0) is 9.47 Å². The molecule has 1 N–H and O–H groups in total. The molecule has 0 fully saturated rings. The molecule has 0 aromatic carbocycles. The molecule has 0 aliphatic carbocycles. The SMILES string of the molecule is CCCCCC#CC(COCOC)NC([Si](C)(C)C)[Si](C)(C)C. The molecular weight excluding hydrogens is 318 g/mol. The van der Waals surface area contributed by atoms with Gasteiger partial charge in [-0.1, -0.05) is 65.0 Å².